The molecule has 0 aliphatic heterocycles. The van der Waals surface area contributed by atoms with E-state index in [1.807, 2.05) is 30.3 Å². The minimum Gasteiger partial charge on any atom is -0.291 e. The Kier molecular flexibility index (Phi) is 3.11. The molecular weight excluding hydrogens is 270 g/mol. The summed E-state index contributed by atoms with van der Waals surface area (Å²) in [6, 6.07) is 9.24. The molecule has 0 amide bonds. The van der Waals surface area contributed by atoms with Crippen LogP contribution in [0.3, 0.4) is 0 Å². The summed E-state index contributed by atoms with van der Waals surface area (Å²) >= 11 is 0. The van der Waals surface area contributed by atoms with E-state index in [-0.39, 0.29) is 11.3 Å². The number of fused-ring (bicyclic) bond motifs is 1. The molecule has 0 radical (unpaired) electrons. The maximum absolute atomic E-state index is 12.0. The topological polar surface area (TPSA) is 92.4 Å². The zero-order valence-corrected chi connectivity index (χ0v) is 11.5. The van der Waals surface area contributed by atoms with Crippen molar-refractivity contribution >= 4 is 11.3 Å². The molecule has 2 N–H and O–H groups in total. The molecule has 106 valence electrons. The first kappa shape index (κ1) is 13.2. The molecule has 2 aromatic heterocycles. The van der Waals surface area contributed by atoms with Crippen LogP contribution in [0.5, 0.6) is 0 Å². The number of nitrogens with zero attached hydrogens (tertiary/aromatic N) is 4. The molecule has 0 saturated heterocycles. The second-order valence-corrected chi connectivity index (χ2v) is 4.64. The summed E-state index contributed by atoms with van der Waals surface area (Å²) in [7, 11) is 0. The van der Waals surface area contributed by atoms with Crippen LogP contribution in [0.1, 0.15) is 17.0 Å². The lowest BCUT2D eigenvalue weighted by molar-refractivity contribution is 0.224. The predicted octanol–water partition coefficient (Wildman–Crippen LogP) is -0.0445. The molecule has 21 heavy (non-hydrogen) atoms. The molecule has 0 aliphatic carbocycles. The van der Waals surface area contributed by atoms with Crippen LogP contribution in [0, 0.1) is 13.8 Å². The number of benzene rings is 1. The van der Waals surface area contributed by atoms with Crippen molar-refractivity contribution in [2.75, 3.05) is 0 Å². The molecule has 1 aromatic carbocycles. The van der Waals surface area contributed by atoms with Gasteiger partial charge in [-0.3, -0.25) is 15.5 Å². The van der Waals surface area contributed by atoms with Crippen molar-refractivity contribution in [3.8, 4) is 0 Å². The van der Waals surface area contributed by atoms with E-state index in [9.17, 15) is 10.0 Å². The van der Waals surface area contributed by atoms with Crippen molar-refractivity contribution in [3.63, 3.8) is 0 Å². The Morgan fingerprint density at radius 1 is 1.14 bits per heavy atom. The van der Waals surface area contributed by atoms with Crippen molar-refractivity contribution in [2.24, 2.45) is 0 Å². The SMILES string of the molecule is Cc1nnc2/c(=C(/NO)c3ccccc3)c(C)nn2c1=O. The van der Waals surface area contributed by atoms with Gasteiger partial charge in [-0.05, 0) is 13.8 Å². The van der Waals surface area contributed by atoms with E-state index < -0.39 is 0 Å². The largest absolute Gasteiger partial charge is 0.296 e. The number of hydroxylamine groups is 1. The Hall–Kier alpha value is -2.80. The lowest BCUT2D eigenvalue weighted by Gasteiger charge is -2.05. The van der Waals surface area contributed by atoms with Crippen LogP contribution in [0.25, 0.3) is 11.3 Å². The second-order valence-electron chi connectivity index (χ2n) is 4.64. The summed E-state index contributed by atoms with van der Waals surface area (Å²) in [5.41, 5.74) is 4.21. The van der Waals surface area contributed by atoms with Crippen LogP contribution < -0.4 is 16.3 Å². The summed E-state index contributed by atoms with van der Waals surface area (Å²) in [4.78, 5) is 12.0. The Morgan fingerprint density at radius 2 is 1.86 bits per heavy atom. The maximum atomic E-state index is 12.0. The van der Waals surface area contributed by atoms with Crippen molar-refractivity contribution < 1.29 is 5.21 Å². The van der Waals surface area contributed by atoms with Gasteiger partial charge in [-0.1, -0.05) is 30.3 Å². The molecule has 3 aromatic rings. The maximum Gasteiger partial charge on any atom is 0.296 e. The average molecular weight is 283 g/mol. The van der Waals surface area contributed by atoms with E-state index in [1.165, 1.54) is 4.52 Å². The molecule has 0 bridgehead atoms. The average Bonchev–Trinajstić information content (AvgIpc) is 2.83. The monoisotopic (exact) mass is 283 g/mol. The van der Waals surface area contributed by atoms with E-state index >= 15 is 0 Å². The predicted molar refractivity (Wildman–Crippen MR) is 75.6 cm³/mol. The summed E-state index contributed by atoms with van der Waals surface area (Å²) in [6.45, 7) is 3.33. The van der Waals surface area contributed by atoms with Gasteiger partial charge in [0.25, 0.3) is 5.56 Å². The first-order valence-corrected chi connectivity index (χ1v) is 6.36. The number of rotatable bonds is 2. The van der Waals surface area contributed by atoms with Crippen LogP contribution in [0.2, 0.25) is 0 Å². The smallest absolute Gasteiger partial charge is 0.291 e. The number of aromatic nitrogens is 4. The van der Waals surface area contributed by atoms with Gasteiger partial charge < -0.3 is 0 Å². The molecule has 0 saturated carbocycles. The van der Waals surface area contributed by atoms with Crippen molar-refractivity contribution in [2.45, 2.75) is 13.8 Å². The van der Waals surface area contributed by atoms with E-state index in [4.69, 9.17) is 0 Å². The van der Waals surface area contributed by atoms with E-state index in [0.29, 0.717) is 22.3 Å². The zero-order valence-electron chi connectivity index (χ0n) is 11.5. The molecule has 0 fully saturated rings. The first-order valence-electron chi connectivity index (χ1n) is 6.36. The van der Waals surface area contributed by atoms with Gasteiger partial charge in [0.1, 0.15) is 5.69 Å². The highest BCUT2D eigenvalue weighted by atomic mass is 16.5. The molecule has 7 nitrogen and oxygen atoms in total. The Bertz CT molecular complexity index is 918. The van der Waals surface area contributed by atoms with Gasteiger partial charge in [0.2, 0.25) is 0 Å². The number of hydrogen-bond acceptors (Lipinski definition) is 6. The molecule has 0 unspecified atom stereocenters. The van der Waals surface area contributed by atoms with Gasteiger partial charge in [-0.15, -0.1) is 10.2 Å². The Balaban J connectivity index is 2.49. The second kappa shape index (κ2) is 4.95. The third kappa shape index (κ3) is 2.03. The summed E-state index contributed by atoms with van der Waals surface area (Å²) < 4.78 is 1.20. The highest BCUT2D eigenvalue weighted by Crippen LogP contribution is 2.08. The summed E-state index contributed by atoms with van der Waals surface area (Å²) in [6.07, 6.45) is 0. The van der Waals surface area contributed by atoms with Gasteiger partial charge in [-0.2, -0.15) is 9.61 Å². The highest BCUT2D eigenvalue weighted by Gasteiger charge is 2.14. The van der Waals surface area contributed by atoms with Crippen LogP contribution in [-0.4, -0.2) is 25.0 Å². The Labute approximate surface area is 119 Å². The fourth-order valence-corrected chi connectivity index (χ4v) is 2.23. The van der Waals surface area contributed by atoms with Crippen LogP contribution >= 0.6 is 0 Å². The number of hydrogen-bond donors (Lipinski definition) is 2. The van der Waals surface area contributed by atoms with Crippen LogP contribution in [0.15, 0.2) is 35.1 Å². The molecule has 0 atom stereocenters. The Morgan fingerprint density at radius 3 is 2.52 bits per heavy atom. The normalized spacial score (nSPS) is 12.5. The molecular formula is C14H13N5O2. The molecule has 3 rings (SSSR count). The van der Waals surface area contributed by atoms with Gasteiger partial charge in [0.15, 0.2) is 5.65 Å². The lowest BCUT2D eigenvalue weighted by Crippen LogP contribution is -2.24. The number of nitrogens with one attached hydrogen (secondary N) is 1. The minimum atomic E-state index is -0.320. The van der Waals surface area contributed by atoms with E-state index in [1.54, 1.807) is 13.8 Å². The van der Waals surface area contributed by atoms with Crippen molar-refractivity contribution in [1.82, 2.24) is 25.3 Å². The lowest BCUT2D eigenvalue weighted by atomic mass is 10.1. The van der Waals surface area contributed by atoms with Crippen molar-refractivity contribution in [3.05, 3.63) is 62.9 Å². The van der Waals surface area contributed by atoms with E-state index in [0.717, 1.165) is 5.56 Å². The van der Waals surface area contributed by atoms with Crippen LogP contribution in [0.4, 0.5) is 0 Å². The van der Waals surface area contributed by atoms with Gasteiger partial charge >= 0.3 is 0 Å². The van der Waals surface area contributed by atoms with Gasteiger partial charge in [0.05, 0.1) is 16.6 Å². The van der Waals surface area contributed by atoms with Crippen molar-refractivity contribution in [1.29, 1.82) is 0 Å². The van der Waals surface area contributed by atoms with E-state index in [2.05, 4.69) is 20.8 Å². The third-order valence-electron chi connectivity index (χ3n) is 3.26. The minimum absolute atomic E-state index is 0.273. The summed E-state index contributed by atoms with van der Waals surface area (Å²) in [5, 5.41) is 22.1. The highest BCUT2D eigenvalue weighted by molar-refractivity contribution is 5.68. The molecule has 2 heterocycles. The molecule has 0 spiro atoms. The fraction of sp³-hybridized carbons (Fsp3) is 0.143. The zero-order chi connectivity index (χ0) is 15.0. The molecule has 7 heteroatoms. The quantitative estimate of drug-likeness (QED) is 0.641. The van der Waals surface area contributed by atoms with Crippen LogP contribution in [-0.2, 0) is 0 Å². The first-order chi connectivity index (χ1) is 10.1. The van der Waals surface area contributed by atoms with Gasteiger partial charge in [-0.25, -0.2) is 0 Å². The van der Waals surface area contributed by atoms with Gasteiger partial charge in [0, 0.05) is 5.56 Å². The fourth-order valence-electron chi connectivity index (χ4n) is 2.23. The molecule has 0 aliphatic rings. The third-order valence-corrected chi connectivity index (χ3v) is 3.26. The summed E-state index contributed by atoms with van der Waals surface area (Å²) in [5.74, 6) is 0. The number of aryl methyl sites for hydroxylation is 2. The standard InChI is InChI=1S/C14H13N5O2/c1-8-11(12(18-21)10-6-4-3-5-7-10)13-16-15-9(2)14(20)19(13)17-8/h3-7,18,21H,1-2H3/b12-11+.